The molecule has 0 aromatic carbocycles. The van der Waals surface area contributed by atoms with Gasteiger partial charge in [0.1, 0.15) is 5.82 Å². The number of aryl methyl sites for hydroxylation is 1. The van der Waals surface area contributed by atoms with Gasteiger partial charge in [-0.2, -0.15) is 4.98 Å². The number of nitrogens with zero attached hydrogens (tertiary/aromatic N) is 2. The van der Waals surface area contributed by atoms with Crippen LogP contribution in [0, 0.1) is 11.7 Å². The number of aromatic amines is 1. The molecule has 0 aliphatic heterocycles. The second kappa shape index (κ2) is 3.12. The van der Waals surface area contributed by atoms with Crippen LogP contribution in [-0.4, -0.2) is 21.2 Å². The number of hydrogen-bond donors (Lipinski definition) is 1. The van der Waals surface area contributed by atoms with E-state index in [1.165, 1.54) is 11.8 Å². The first-order valence-corrected chi connectivity index (χ1v) is 4.34. The van der Waals surface area contributed by atoms with Crippen LogP contribution in [0.25, 0.3) is 0 Å². The Labute approximate surface area is 68.3 Å². The second-order valence-corrected chi connectivity index (χ2v) is 2.89. The molecule has 0 aliphatic carbocycles. The predicted octanol–water partition coefficient (Wildman–Crippen LogP) is 1.56. The summed E-state index contributed by atoms with van der Waals surface area (Å²) >= 11 is 6.32. The second-order valence-electron chi connectivity index (χ2n) is 1.73. The third-order valence-corrected chi connectivity index (χ3v) is 1.67. The molecule has 1 rings (SSSR count). The predicted molar refractivity (Wildman–Crippen MR) is 43.7 cm³/mol. The molecule has 0 atom stereocenters. The minimum Gasteiger partial charge on any atom is -0.319 e. The lowest BCUT2D eigenvalue weighted by Gasteiger charge is -1.94. The molecule has 0 saturated heterocycles. The fourth-order valence-corrected chi connectivity index (χ4v) is 1.26. The zero-order valence-corrected chi connectivity index (χ0v) is 7.34. The van der Waals surface area contributed by atoms with Gasteiger partial charge in [0, 0.05) is 0 Å². The van der Waals surface area contributed by atoms with Crippen molar-refractivity contribution in [3.63, 3.8) is 0 Å². The number of thioether (sulfide) groups is 1. The van der Waals surface area contributed by atoms with E-state index in [2.05, 4.69) is 15.0 Å². The van der Waals surface area contributed by atoms with Crippen molar-refractivity contribution in [3.8, 4) is 0 Å². The zero-order valence-electron chi connectivity index (χ0n) is 5.71. The molecular formula is C5H7N3S2. The summed E-state index contributed by atoms with van der Waals surface area (Å²) in [5.74, 6) is 0.810. The van der Waals surface area contributed by atoms with E-state index in [0.717, 1.165) is 11.0 Å². The molecule has 1 N–H and O–H groups in total. The molecule has 0 fully saturated rings. The summed E-state index contributed by atoms with van der Waals surface area (Å²) in [6.07, 6.45) is 1.92. The van der Waals surface area contributed by atoms with E-state index >= 15 is 0 Å². The summed E-state index contributed by atoms with van der Waals surface area (Å²) in [6.45, 7) is 1.86. The van der Waals surface area contributed by atoms with E-state index in [4.69, 9.17) is 12.2 Å². The largest absolute Gasteiger partial charge is 0.319 e. The van der Waals surface area contributed by atoms with Crippen molar-refractivity contribution in [3.05, 3.63) is 10.6 Å². The van der Waals surface area contributed by atoms with Crippen LogP contribution in [0.3, 0.4) is 0 Å². The Balaban J connectivity index is 3.19. The van der Waals surface area contributed by atoms with Gasteiger partial charge in [0.2, 0.25) is 4.77 Å². The third kappa shape index (κ3) is 1.78. The zero-order chi connectivity index (χ0) is 7.56. The van der Waals surface area contributed by atoms with Crippen molar-refractivity contribution < 1.29 is 0 Å². The fraction of sp³-hybridized carbons (Fsp3) is 0.400. The summed E-state index contributed by atoms with van der Waals surface area (Å²) in [5, 5.41) is 0.723. The molecule has 0 aliphatic rings. The summed E-state index contributed by atoms with van der Waals surface area (Å²) < 4.78 is 0.497. The highest BCUT2D eigenvalue weighted by Gasteiger charge is 1.92. The maximum atomic E-state index is 4.83. The maximum absolute atomic E-state index is 4.83. The lowest BCUT2D eigenvalue weighted by molar-refractivity contribution is 0.845. The van der Waals surface area contributed by atoms with Crippen LogP contribution in [0.4, 0.5) is 0 Å². The summed E-state index contributed by atoms with van der Waals surface area (Å²) in [5.41, 5.74) is 0. The molecule has 5 heteroatoms. The van der Waals surface area contributed by atoms with Gasteiger partial charge in [0.05, 0.1) is 0 Å². The van der Waals surface area contributed by atoms with Crippen molar-refractivity contribution in [2.24, 2.45) is 0 Å². The summed E-state index contributed by atoms with van der Waals surface area (Å²) in [4.78, 5) is 10.9. The smallest absolute Gasteiger partial charge is 0.200 e. The van der Waals surface area contributed by atoms with Crippen LogP contribution in [0.1, 0.15) is 5.82 Å². The van der Waals surface area contributed by atoms with Crippen molar-refractivity contribution >= 4 is 24.0 Å². The van der Waals surface area contributed by atoms with Crippen molar-refractivity contribution in [2.45, 2.75) is 12.1 Å². The Bertz CT molecular complexity index is 280. The molecule has 54 valence electrons. The molecule has 1 heterocycles. The van der Waals surface area contributed by atoms with Gasteiger partial charge >= 0.3 is 0 Å². The average Bonchev–Trinajstić information content (AvgIpc) is 1.85. The normalized spacial score (nSPS) is 9.80. The summed E-state index contributed by atoms with van der Waals surface area (Å²) in [7, 11) is 0. The topological polar surface area (TPSA) is 41.6 Å². The van der Waals surface area contributed by atoms with Crippen LogP contribution in [0.2, 0.25) is 0 Å². The first kappa shape index (κ1) is 7.68. The van der Waals surface area contributed by atoms with E-state index in [1.54, 1.807) is 0 Å². The molecule has 0 unspecified atom stereocenters. The number of hydrogen-bond acceptors (Lipinski definition) is 4. The highest BCUT2D eigenvalue weighted by atomic mass is 32.2. The monoisotopic (exact) mass is 173 g/mol. The SMILES string of the molecule is CSc1nc(C)[nH]c(=S)n1. The van der Waals surface area contributed by atoms with Gasteiger partial charge in [-0.25, -0.2) is 4.98 Å². The fourth-order valence-electron chi connectivity index (χ4n) is 0.557. The van der Waals surface area contributed by atoms with E-state index in [0.29, 0.717) is 4.77 Å². The molecule has 1 aromatic heterocycles. The van der Waals surface area contributed by atoms with Crippen LogP contribution in [0.15, 0.2) is 5.16 Å². The Hall–Kier alpha value is -0.420. The van der Waals surface area contributed by atoms with Gasteiger partial charge in [-0.15, -0.1) is 0 Å². The Morgan fingerprint density at radius 2 is 2.20 bits per heavy atom. The minimum absolute atomic E-state index is 0.497. The molecule has 0 spiro atoms. The number of aromatic nitrogens is 3. The van der Waals surface area contributed by atoms with Crippen molar-refractivity contribution in [2.75, 3.05) is 6.26 Å². The highest BCUT2D eigenvalue weighted by molar-refractivity contribution is 7.98. The Morgan fingerprint density at radius 1 is 1.50 bits per heavy atom. The van der Waals surface area contributed by atoms with Crippen LogP contribution < -0.4 is 0 Å². The lowest BCUT2D eigenvalue weighted by Crippen LogP contribution is -1.93. The molecule has 1 aromatic rings. The van der Waals surface area contributed by atoms with E-state index in [-0.39, 0.29) is 0 Å². The van der Waals surface area contributed by atoms with Gasteiger partial charge in [0.15, 0.2) is 5.16 Å². The number of nitrogens with one attached hydrogen (secondary N) is 1. The molecule has 10 heavy (non-hydrogen) atoms. The standard InChI is InChI=1S/C5H7N3S2/c1-3-6-4(9)8-5(7-3)10-2/h1-2H3,(H,6,7,8,9). The number of rotatable bonds is 1. The minimum atomic E-state index is 0.497. The molecule has 0 saturated carbocycles. The van der Waals surface area contributed by atoms with E-state index in [9.17, 15) is 0 Å². The molecule has 0 amide bonds. The van der Waals surface area contributed by atoms with Gasteiger partial charge in [-0.1, -0.05) is 11.8 Å². The first-order chi connectivity index (χ1) is 4.72. The highest BCUT2D eigenvalue weighted by Crippen LogP contribution is 2.05. The molecule has 3 nitrogen and oxygen atoms in total. The van der Waals surface area contributed by atoms with Gasteiger partial charge in [-0.3, -0.25) is 0 Å². The first-order valence-electron chi connectivity index (χ1n) is 2.71. The van der Waals surface area contributed by atoms with Crippen LogP contribution >= 0.6 is 24.0 Å². The van der Waals surface area contributed by atoms with E-state index in [1.807, 2.05) is 13.2 Å². The average molecular weight is 173 g/mol. The van der Waals surface area contributed by atoms with Crippen LogP contribution in [-0.2, 0) is 0 Å². The summed E-state index contributed by atoms with van der Waals surface area (Å²) in [6, 6.07) is 0. The van der Waals surface area contributed by atoms with Crippen molar-refractivity contribution in [1.29, 1.82) is 0 Å². The Morgan fingerprint density at radius 3 is 2.70 bits per heavy atom. The van der Waals surface area contributed by atoms with Crippen molar-refractivity contribution in [1.82, 2.24) is 15.0 Å². The van der Waals surface area contributed by atoms with Crippen LogP contribution in [0.5, 0.6) is 0 Å². The molecule has 0 radical (unpaired) electrons. The van der Waals surface area contributed by atoms with Gasteiger partial charge in [-0.05, 0) is 25.4 Å². The molecule has 0 bridgehead atoms. The maximum Gasteiger partial charge on any atom is 0.200 e. The van der Waals surface area contributed by atoms with E-state index < -0.39 is 0 Å². The Kier molecular flexibility index (Phi) is 2.39. The van der Waals surface area contributed by atoms with Gasteiger partial charge < -0.3 is 4.98 Å². The molecular weight excluding hydrogens is 166 g/mol. The lowest BCUT2D eigenvalue weighted by atomic mass is 10.7. The quantitative estimate of drug-likeness (QED) is 0.517. The third-order valence-electron chi connectivity index (χ3n) is 0.931. The number of H-pyrrole nitrogens is 1. The van der Waals surface area contributed by atoms with Gasteiger partial charge in [0.25, 0.3) is 0 Å².